The van der Waals surface area contributed by atoms with Crippen LogP contribution in [0.15, 0.2) is 16.7 Å². The zero-order valence-corrected chi connectivity index (χ0v) is 12.8. The van der Waals surface area contributed by atoms with Gasteiger partial charge in [0.25, 0.3) is 0 Å². The Morgan fingerprint density at radius 2 is 2.11 bits per heavy atom. The molecule has 1 unspecified atom stereocenters. The van der Waals surface area contributed by atoms with Crippen LogP contribution in [0.5, 0.6) is 0 Å². The molecule has 1 aliphatic rings. The molecule has 1 saturated carbocycles. The van der Waals surface area contributed by atoms with Crippen LogP contribution in [0.25, 0.3) is 0 Å². The highest BCUT2D eigenvalue weighted by Crippen LogP contribution is 2.43. The second kappa shape index (κ2) is 5.29. The van der Waals surface area contributed by atoms with Gasteiger partial charge in [0.1, 0.15) is 5.76 Å². The first-order valence-electron chi connectivity index (χ1n) is 7.33. The average Bonchev–Trinajstić information content (AvgIpc) is 2.73. The van der Waals surface area contributed by atoms with Gasteiger partial charge < -0.3 is 10.2 Å². The van der Waals surface area contributed by atoms with Gasteiger partial charge in [0, 0.05) is 24.2 Å². The maximum atomic E-state index is 6.16. The molecule has 1 aliphatic carbocycles. The minimum Gasteiger partial charge on any atom is -0.469 e. The predicted molar refractivity (Wildman–Crippen MR) is 78.9 cm³/mol. The Morgan fingerprint density at radius 1 is 1.37 bits per heavy atom. The summed E-state index contributed by atoms with van der Waals surface area (Å²) in [5.41, 5.74) is 7.98. The van der Waals surface area contributed by atoms with Gasteiger partial charge >= 0.3 is 0 Å². The third kappa shape index (κ3) is 3.03. The molecule has 0 spiro atoms. The Labute approximate surface area is 117 Å². The van der Waals surface area contributed by atoms with E-state index in [0.717, 1.165) is 18.8 Å². The number of rotatable bonds is 4. The number of likely N-dealkylation sites (N-methyl/N-ethyl adjacent to an activating group) is 1. The molecule has 2 N–H and O–H groups in total. The van der Waals surface area contributed by atoms with Crippen molar-refractivity contribution in [1.82, 2.24) is 4.90 Å². The Balaban J connectivity index is 2.14. The number of hydrogen-bond acceptors (Lipinski definition) is 3. The van der Waals surface area contributed by atoms with Gasteiger partial charge in [-0.15, -0.1) is 0 Å². The minimum atomic E-state index is 0.144. The van der Waals surface area contributed by atoms with Crippen molar-refractivity contribution in [2.24, 2.45) is 11.1 Å². The monoisotopic (exact) mass is 264 g/mol. The highest BCUT2D eigenvalue weighted by atomic mass is 16.3. The van der Waals surface area contributed by atoms with Crippen molar-refractivity contribution >= 4 is 0 Å². The topological polar surface area (TPSA) is 42.4 Å². The number of nitrogens with two attached hydrogens (primary N) is 1. The van der Waals surface area contributed by atoms with E-state index in [1.807, 2.05) is 6.92 Å². The molecule has 1 heterocycles. The zero-order valence-electron chi connectivity index (χ0n) is 12.8. The fourth-order valence-electron chi connectivity index (χ4n) is 3.62. The van der Waals surface area contributed by atoms with Gasteiger partial charge in [0.2, 0.25) is 0 Å². The maximum Gasteiger partial charge on any atom is 0.105 e. The van der Waals surface area contributed by atoms with Crippen molar-refractivity contribution in [2.45, 2.75) is 58.5 Å². The molecule has 1 fully saturated rings. The van der Waals surface area contributed by atoms with Crippen LogP contribution in [0.4, 0.5) is 0 Å². The molecule has 1 aromatic heterocycles. The Kier molecular flexibility index (Phi) is 4.07. The van der Waals surface area contributed by atoms with E-state index in [2.05, 4.69) is 31.9 Å². The van der Waals surface area contributed by atoms with Crippen LogP contribution in [0, 0.1) is 12.3 Å². The lowest BCUT2D eigenvalue weighted by molar-refractivity contribution is 0.0221. The molecule has 108 valence electrons. The van der Waals surface area contributed by atoms with Gasteiger partial charge in [-0.05, 0) is 44.7 Å². The van der Waals surface area contributed by atoms with Crippen molar-refractivity contribution in [3.05, 3.63) is 23.7 Å². The Morgan fingerprint density at radius 3 is 2.63 bits per heavy atom. The highest BCUT2D eigenvalue weighted by Gasteiger charge is 2.41. The lowest BCUT2D eigenvalue weighted by atomic mass is 9.67. The second-order valence-electron chi connectivity index (χ2n) is 6.98. The van der Waals surface area contributed by atoms with Crippen molar-refractivity contribution in [3.8, 4) is 0 Å². The van der Waals surface area contributed by atoms with E-state index in [-0.39, 0.29) is 5.54 Å². The normalized spacial score (nSPS) is 26.8. The predicted octanol–water partition coefficient (Wildman–Crippen LogP) is 3.32. The van der Waals surface area contributed by atoms with Gasteiger partial charge in [-0.1, -0.05) is 20.3 Å². The van der Waals surface area contributed by atoms with E-state index < -0.39 is 0 Å². The number of hydrogen-bond donors (Lipinski definition) is 1. The Hall–Kier alpha value is -0.800. The molecule has 3 nitrogen and oxygen atoms in total. The molecule has 0 radical (unpaired) electrons. The van der Waals surface area contributed by atoms with E-state index in [0.29, 0.717) is 5.41 Å². The van der Waals surface area contributed by atoms with E-state index in [1.54, 1.807) is 6.26 Å². The standard InChI is InChI=1S/C16H28N2O/c1-13-14(6-9-19-13)10-18(4)16(12-17)8-5-7-15(2,3)11-16/h6,9H,5,7-8,10-12,17H2,1-4H3. The largest absolute Gasteiger partial charge is 0.469 e. The van der Waals surface area contributed by atoms with Gasteiger partial charge in [-0.25, -0.2) is 0 Å². The van der Waals surface area contributed by atoms with Crippen LogP contribution in [-0.2, 0) is 6.54 Å². The first kappa shape index (κ1) is 14.6. The lowest BCUT2D eigenvalue weighted by Crippen LogP contribution is -2.55. The van der Waals surface area contributed by atoms with E-state index in [1.165, 1.54) is 31.2 Å². The fourth-order valence-corrected chi connectivity index (χ4v) is 3.62. The summed E-state index contributed by atoms with van der Waals surface area (Å²) in [4.78, 5) is 2.45. The molecule has 0 saturated heterocycles. The molecule has 19 heavy (non-hydrogen) atoms. The van der Waals surface area contributed by atoms with Crippen molar-refractivity contribution in [2.75, 3.05) is 13.6 Å². The van der Waals surface area contributed by atoms with Crippen LogP contribution < -0.4 is 5.73 Å². The van der Waals surface area contributed by atoms with Gasteiger partial charge in [0.05, 0.1) is 6.26 Å². The second-order valence-corrected chi connectivity index (χ2v) is 6.98. The Bertz CT molecular complexity index is 424. The van der Waals surface area contributed by atoms with Crippen molar-refractivity contribution in [1.29, 1.82) is 0 Å². The number of nitrogens with zero attached hydrogens (tertiary/aromatic N) is 1. The van der Waals surface area contributed by atoms with Crippen molar-refractivity contribution in [3.63, 3.8) is 0 Å². The summed E-state index contributed by atoms with van der Waals surface area (Å²) in [5.74, 6) is 1.02. The average molecular weight is 264 g/mol. The smallest absolute Gasteiger partial charge is 0.105 e. The number of furan rings is 1. The first-order valence-corrected chi connectivity index (χ1v) is 7.33. The zero-order chi connectivity index (χ0) is 14.1. The summed E-state index contributed by atoms with van der Waals surface area (Å²) < 4.78 is 5.40. The minimum absolute atomic E-state index is 0.144. The molecular formula is C16H28N2O. The lowest BCUT2D eigenvalue weighted by Gasteiger charge is -2.49. The third-order valence-electron chi connectivity index (χ3n) is 4.87. The summed E-state index contributed by atoms with van der Waals surface area (Å²) in [7, 11) is 2.21. The van der Waals surface area contributed by atoms with Crippen LogP contribution in [0.2, 0.25) is 0 Å². The van der Waals surface area contributed by atoms with Crippen LogP contribution in [0.3, 0.4) is 0 Å². The molecular weight excluding hydrogens is 236 g/mol. The molecule has 2 rings (SSSR count). The van der Waals surface area contributed by atoms with Gasteiger partial charge in [0.15, 0.2) is 0 Å². The number of aryl methyl sites for hydroxylation is 1. The maximum absolute atomic E-state index is 6.16. The summed E-state index contributed by atoms with van der Waals surface area (Å²) in [5, 5.41) is 0. The quantitative estimate of drug-likeness (QED) is 0.907. The van der Waals surface area contributed by atoms with E-state index in [9.17, 15) is 0 Å². The summed E-state index contributed by atoms with van der Waals surface area (Å²) >= 11 is 0. The van der Waals surface area contributed by atoms with Crippen LogP contribution >= 0.6 is 0 Å². The molecule has 3 heteroatoms. The third-order valence-corrected chi connectivity index (χ3v) is 4.87. The molecule has 0 aromatic carbocycles. The highest BCUT2D eigenvalue weighted by molar-refractivity contribution is 5.16. The molecule has 1 aromatic rings. The SMILES string of the molecule is Cc1occc1CN(C)C1(CN)CCCC(C)(C)C1. The van der Waals surface area contributed by atoms with E-state index in [4.69, 9.17) is 10.2 Å². The van der Waals surface area contributed by atoms with Crippen LogP contribution in [0.1, 0.15) is 50.9 Å². The molecule has 0 amide bonds. The first-order chi connectivity index (χ1) is 8.88. The van der Waals surface area contributed by atoms with Gasteiger partial charge in [-0.2, -0.15) is 0 Å². The molecule has 0 bridgehead atoms. The summed E-state index contributed by atoms with van der Waals surface area (Å²) in [6.07, 6.45) is 6.76. The fraction of sp³-hybridized carbons (Fsp3) is 0.750. The molecule has 1 atom stereocenters. The summed E-state index contributed by atoms with van der Waals surface area (Å²) in [6, 6.07) is 2.07. The van der Waals surface area contributed by atoms with Gasteiger partial charge in [-0.3, -0.25) is 4.90 Å². The van der Waals surface area contributed by atoms with Crippen molar-refractivity contribution < 1.29 is 4.42 Å². The van der Waals surface area contributed by atoms with E-state index >= 15 is 0 Å². The molecule has 0 aliphatic heterocycles. The summed E-state index contributed by atoms with van der Waals surface area (Å²) in [6.45, 7) is 8.43. The van der Waals surface area contributed by atoms with Crippen LogP contribution in [-0.4, -0.2) is 24.0 Å².